The molecule has 1 aliphatic carbocycles. The molecule has 9 nitrogen and oxygen atoms in total. The zero-order valence-corrected chi connectivity index (χ0v) is 20.5. The van der Waals surface area contributed by atoms with Crippen molar-refractivity contribution in [3.63, 3.8) is 0 Å². The minimum Gasteiger partial charge on any atom is -0.482 e. The summed E-state index contributed by atoms with van der Waals surface area (Å²) in [7, 11) is -5.74. The number of carbonyl (C=O) groups is 1. The summed E-state index contributed by atoms with van der Waals surface area (Å²) in [5.41, 5.74) is -3.82. The van der Waals surface area contributed by atoms with Crippen molar-refractivity contribution in [1.29, 1.82) is 0 Å². The van der Waals surface area contributed by atoms with Crippen LogP contribution in [0.1, 0.15) is 30.0 Å². The number of nitrogens with zero attached hydrogens (tertiary/aromatic N) is 2. The molecule has 3 aromatic rings. The van der Waals surface area contributed by atoms with Crippen molar-refractivity contribution in [2.45, 2.75) is 31.1 Å². The Morgan fingerprint density at radius 1 is 1.17 bits per heavy atom. The van der Waals surface area contributed by atoms with Gasteiger partial charge in [-0.15, -0.1) is 0 Å². The molecule has 2 aromatic carbocycles. The number of carboxylic acids is 1. The van der Waals surface area contributed by atoms with Gasteiger partial charge >= 0.3 is 24.9 Å². The summed E-state index contributed by atoms with van der Waals surface area (Å²) in [4.78, 5) is 41.9. The second kappa shape index (κ2) is 9.34. The van der Waals surface area contributed by atoms with Crippen LogP contribution in [0, 0.1) is 0 Å². The summed E-state index contributed by atoms with van der Waals surface area (Å²) >= 11 is 2.97. The molecule has 0 spiro atoms. The molecule has 0 saturated heterocycles. The number of rotatable bonds is 9. The molecular weight excluding hydrogens is 553 g/mol. The first-order valence-electron chi connectivity index (χ1n) is 10.4. The van der Waals surface area contributed by atoms with Crippen LogP contribution in [0.3, 0.4) is 0 Å². The number of hydrogen-bond donors (Lipinski definition) is 3. The smallest absolute Gasteiger partial charge is 0.399 e. The average molecular weight is 573 g/mol. The Morgan fingerprint density at radius 3 is 2.37 bits per heavy atom. The molecule has 0 unspecified atom stereocenters. The Hall–Kier alpha value is -2.79. The zero-order chi connectivity index (χ0) is 25.5. The predicted octanol–water partition coefficient (Wildman–Crippen LogP) is 4.15. The van der Waals surface area contributed by atoms with Crippen LogP contribution in [-0.2, 0) is 21.6 Å². The lowest BCUT2D eigenvalue weighted by atomic mass is 10.1. The van der Waals surface area contributed by atoms with Crippen molar-refractivity contribution in [2.75, 3.05) is 6.61 Å². The lowest BCUT2D eigenvalue weighted by molar-refractivity contribution is -0.139. The SMILES string of the molecule is O=C(O)COc1ccc(-c2cn(C3CC3)c(=O)n2Cc2ccc(C(F)(F)P(=O)(O)O)c(Br)c2)cc1. The van der Waals surface area contributed by atoms with Crippen molar-refractivity contribution in [1.82, 2.24) is 9.13 Å². The third kappa shape index (κ3) is 5.25. The van der Waals surface area contributed by atoms with E-state index >= 15 is 0 Å². The molecule has 0 atom stereocenters. The number of hydrogen-bond acceptors (Lipinski definition) is 4. The van der Waals surface area contributed by atoms with E-state index in [2.05, 4.69) is 15.9 Å². The van der Waals surface area contributed by atoms with Crippen molar-refractivity contribution < 1.29 is 37.8 Å². The summed E-state index contributed by atoms with van der Waals surface area (Å²) in [5, 5.41) is 8.75. The van der Waals surface area contributed by atoms with Crippen LogP contribution >= 0.6 is 23.5 Å². The van der Waals surface area contributed by atoms with Gasteiger partial charge in [0, 0.05) is 27.8 Å². The molecule has 35 heavy (non-hydrogen) atoms. The quantitative estimate of drug-likeness (QED) is 0.328. The number of carboxylic acid groups (broad SMARTS) is 1. The van der Waals surface area contributed by atoms with Crippen LogP contribution in [0.15, 0.2) is 57.9 Å². The van der Waals surface area contributed by atoms with Crippen molar-refractivity contribution in [2.24, 2.45) is 0 Å². The Labute approximate surface area is 205 Å². The van der Waals surface area contributed by atoms with E-state index in [9.17, 15) is 22.9 Å². The average Bonchev–Trinajstić information content (AvgIpc) is 3.57. The van der Waals surface area contributed by atoms with Crippen LogP contribution in [-0.4, -0.2) is 36.6 Å². The van der Waals surface area contributed by atoms with Crippen molar-refractivity contribution >= 4 is 29.5 Å². The van der Waals surface area contributed by atoms with Gasteiger partial charge in [0.2, 0.25) is 0 Å². The number of imidazole rings is 1. The maximum atomic E-state index is 14.2. The van der Waals surface area contributed by atoms with Crippen LogP contribution < -0.4 is 10.4 Å². The molecule has 4 rings (SSSR count). The summed E-state index contributed by atoms with van der Waals surface area (Å²) < 4.78 is 47.6. The number of halogens is 3. The molecule has 0 radical (unpaired) electrons. The Morgan fingerprint density at radius 2 is 1.83 bits per heavy atom. The molecule has 0 aliphatic heterocycles. The first-order chi connectivity index (χ1) is 16.4. The fraction of sp³-hybridized carbons (Fsp3) is 0.273. The third-order valence-electron chi connectivity index (χ3n) is 5.52. The fourth-order valence-electron chi connectivity index (χ4n) is 3.60. The maximum Gasteiger partial charge on any atom is 0.399 e. The highest BCUT2D eigenvalue weighted by molar-refractivity contribution is 9.10. The molecule has 1 aromatic heterocycles. The zero-order valence-electron chi connectivity index (χ0n) is 18.0. The Bertz CT molecular complexity index is 1380. The lowest BCUT2D eigenvalue weighted by Crippen LogP contribution is -2.24. The molecule has 0 bridgehead atoms. The number of aromatic nitrogens is 2. The van der Waals surface area contributed by atoms with Gasteiger partial charge in [-0.2, -0.15) is 8.78 Å². The molecule has 3 N–H and O–H groups in total. The summed E-state index contributed by atoms with van der Waals surface area (Å²) in [6, 6.07) is 10.1. The first kappa shape index (κ1) is 25.3. The topological polar surface area (TPSA) is 131 Å². The van der Waals surface area contributed by atoms with E-state index in [0.717, 1.165) is 18.9 Å². The first-order valence-corrected chi connectivity index (χ1v) is 12.8. The third-order valence-corrected chi connectivity index (χ3v) is 7.15. The molecule has 1 fully saturated rings. The molecular formula is C22H20BrF2N2O7P. The van der Waals surface area contributed by atoms with Gasteiger partial charge in [-0.05, 0) is 48.7 Å². The highest BCUT2D eigenvalue weighted by Gasteiger charge is 2.51. The number of aliphatic carboxylic acids is 1. The second-order valence-corrected chi connectivity index (χ2v) is 10.6. The van der Waals surface area contributed by atoms with Crippen LogP contribution in [0.2, 0.25) is 0 Å². The highest BCUT2D eigenvalue weighted by Crippen LogP contribution is 2.60. The van der Waals surface area contributed by atoms with Crippen LogP contribution in [0.25, 0.3) is 11.3 Å². The van der Waals surface area contributed by atoms with E-state index in [1.165, 1.54) is 16.7 Å². The molecule has 1 heterocycles. The summed E-state index contributed by atoms with van der Waals surface area (Å²) in [6.45, 7) is -0.473. The van der Waals surface area contributed by atoms with Gasteiger partial charge in [-0.25, -0.2) is 9.59 Å². The number of alkyl halides is 2. The second-order valence-electron chi connectivity index (χ2n) is 8.13. The highest BCUT2D eigenvalue weighted by atomic mass is 79.9. The largest absolute Gasteiger partial charge is 0.482 e. The van der Waals surface area contributed by atoms with Crippen molar-refractivity contribution in [3.8, 4) is 17.0 Å². The monoisotopic (exact) mass is 572 g/mol. The molecule has 1 saturated carbocycles. The number of benzene rings is 2. The van der Waals surface area contributed by atoms with E-state index in [1.807, 2.05) is 0 Å². The van der Waals surface area contributed by atoms with Gasteiger partial charge < -0.3 is 19.6 Å². The Balaban J connectivity index is 1.68. The fourth-order valence-corrected chi connectivity index (χ4v) is 4.94. The molecule has 0 amide bonds. The van der Waals surface area contributed by atoms with E-state index in [4.69, 9.17) is 19.6 Å². The summed E-state index contributed by atoms with van der Waals surface area (Å²) in [5.74, 6) is -0.766. The van der Waals surface area contributed by atoms with E-state index in [1.54, 1.807) is 35.0 Å². The maximum absolute atomic E-state index is 14.2. The van der Waals surface area contributed by atoms with Gasteiger partial charge in [0.25, 0.3) is 0 Å². The van der Waals surface area contributed by atoms with E-state index < -0.39 is 31.4 Å². The van der Waals surface area contributed by atoms with Crippen LogP contribution in [0.4, 0.5) is 8.78 Å². The Kier molecular flexibility index (Phi) is 6.76. The molecule has 13 heteroatoms. The van der Waals surface area contributed by atoms with Gasteiger partial charge in [0.1, 0.15) is 5.75 Å². The summed E-state index contributed by atoms with van der Waals surface area (Å²) in [6.07, 6.45) is 3.45. The molecule has 186 valence electrons. The van der Waals surface area contributed by atoms with Crippen LogP contribution in [0.5, 0.6) is 5.75 Å². The lowest BCUT2D eigenvalue weighted by Gasteiger charge is -2.19. The van der Waals surface area contributed by atoms with E-state index in [-0.39, 0.29) is 22.7 Å². The standard InChI is InChI=1S/C22H20BrF2N2O7P/c23-18-9-13(1-8-17(18)22(24,25)35(31,32)33)10-27-19(11-26(21(27)30)15-4-5-15)14-2-6-16(7-3-14)34-12-20(28)29/h1-3,6-9,11,15H,4-5,10,12H2,(H,28,29)(H2,31,32,33). The minimum absolute atomic E-state index is 0.0194. The van der Waals surface area contributed by atoms with Crippen molar-refractivity contribution in [3.05, 3.63) is 74.7 Å². The molecule has 1 aliphatic rings. The van der Waals surface area contributed by atoms with E-state index in [0.29, 0.717) is 22.6 Å². The minimum atomic E-state index is -5.74. The normalized spacial score (nSPS) is 14.2. The number of ether oxygens (including phenoxy) is 1. The van der Waals surface area contributed by atoms with Gasteiger partial charge in [0.15, 0.2) is 6.61 Å². The van der Waals surface area contributed by atoms with Gasteiger partial charge in [-0.3, -0.25) is 13.7 Å². The predicted molar refractivity (Wildman–Crippen MR) is 125 cm³/mol. The van der Waals surface area contributed by atoms with Gasteiger partial charge in [-0.1, -0.05) is 28.1 Å². The van der Waals surface area contributed by atoms with Gasteiger partial charge in [0.05, 0.1) is 12.2 Å².